The van der Waals surface area contributed by atoms with E-state index in [-0.39, 0.29) is 30.4 Å². The molecule has 0 spiro atoms. The summed E-state index contributed by atoms with van der Waals surface area (Å²) in [5.74, 6) is 0.626. The Morgan fingerprint density at radius 3 is 1.97 bits per heavy atom. The van der Waals surface area contributed by atoms with Crippen molar-refractivity contribution >= 4 is 0 Å². The third-order valence-corrected chi connectivity index (χ3v) is 5.61. The average molecular weight is 451 g/mol. The smallest absolute Gasteiger partial charge is 0.200 e. The maximum absolute atomic E-state index is 10.7. The normalized spacial score (nSPS) is 13.9. The number of ether oxygens (including phenoxy) is 3. The van der Waals surface area contributed by atoms with E-state index in [2.05, 4.69) is 0 Å². The van der Waals surface area contributed by atoms with Crippen LogP contribution in [0.4, 0.5) is 0 Å². The summed E-state index contributed by atoms with van der Waals surface area (Å²) in [5.41, 5.74) is 1.68. The molecule has 0 fully saturated rings. The zero-order chi connectivity index (χ0) is 23.7. The van der Waals surface area contributed by atoms with Crippen LogP contribution >= 0.6 is 0 Å². The number of phenolic OH excluding ortho intramolecular Hbond substituents is 2. The highest BCUT2D eigenvalue weighted by Crippen LogP contribution is 2.37. The number of methoxy groups -OCH3 is 3. The lowest BCUT2D eigenvalue weighted by atomic mass is 9.87. The van der Waals surface area contributed by atoms with Gasteiger partial charge in [-0.3, -0.25) is 0 Å². The molecule has 0 radical (unpaired) electrons. The van der Waals surface area contributed by atoms with Crippen molar-refractivity contribution in [2.75, 3.05) is 27.9 Å². The number of aliphatic hydroxyl groups is 3. The molecule has 0 amide bonds. The summed E-state index contributed by atoms with van der Waals surface area (Å²) in [6.07, 6.45) is 0.327. The molecule has 2 rings (SSSR count). The fraction of sp³-hybridized carbons (Fsp3) is 0.500. The van der Waals surface area contributed by atoms with Crippen LogP contribution in [0.3, 0.4) is 0 Å². The van der Waals surface area contributed by atoms with Gasteiger partial charge in [0.1, 0.15) is 0 Å². The Bertz CT molecular complexity index is 829. The van der Waals surface area contributed by atoms with Crippen molar-refractivity contribution in [3.8, 4) is 28.7 Å². The van der Waals surface area contributed by atoms with Gasteiger partial charge in [-0.2, -0.15) is 0 Å². The lowest BCUT2D eigenvalue weighted by Crippen LogP contribution is -2.28. The molecule has 178 valence electrons. The second-order valence-electron chi connectivity index (χ2n) is 7.83. The van der Waals surface area contributed by atoms with Crippen molar-refractivity contribution in [2.24, 2.45) is 5.92 Å². The van der Waals surface area contributed by atoms with Crippen LogP contribution in [0.5, 0.6) is 28.7 Å². The second kappa shape index (κ2) is 12.4. The lowest BCUT2D eigenvalue weighted by Gasteiger charge is -2.25. The van der Waals surface area contributed by atoms with Gasteiger partial charge < -0.3 is 39.7 Å². The van der Waals surface area contributed by atoms with Crippen molar-refractivity contribution in [1.82, 2.24) is 0 Å². The van der Waals surface area contributed by atoms with E-state index < -0.39 is 12.2 Å². The maximum atomic E-state index is 10.7. The number of aromatic hydroxyl groups is 2. The highest BCUT2D eigenvalue weighted by atomic mass is 16.5. The minimum Gasteiger partial charge on any atom is -0.504 e. The van der Waals surface area contributed by atoms with Crippen LogP contribution in [0, 0.1) is 5.92 Å². The number of rotatable bonds is 13. The third kappa shape index (κ3) is 6.91. The Morgan fingerprint density at radius 1 is 0.812 bits per heavy atom. The second-order valence-corrected chi connectivity index (χ2v) is 7.83. The molecule has 0 heterocycles. The Balaban J connectivity index is 1.99. The molecule has 0 aliphatic carbocycles. The van der Waals surface area contributed by atoms with E-state index in [9.17, 15) is 25.5 Å². The number of hydrogen-bond acceptors (Lipinski definition) is 8. The van der Waals surface area contributed by atoms with Gasteiger partial charge in [0.25, 0.3) is 0 Å². The number of hydrogen-bond donors (Lipinski definition) is 5. The fourth-order valence-corrected chi connectivity index (χ4v) is 3.76. The number of phenols is 2. The van der Waals surface area contributed by atoms with Crippen molar-refractivity contribution in [3.05, 3.63) is 41.5 Å². The Morgan fingerprint density at radius 2 is 1.41 bits per heavy atom. The van der Waals surface area contributed by atoms with Crippen molar-refractivity contribution < 1.29 is 39.7 Å². The first-order valence-corrected chi connectivity index (χ1v) is 10.6. The number of benzene rings is 2. The number of aliphatic hydroxyl groups excluding tert-OH is 3. The Kier molecular flexibility index (Phi) is 9.90. The van der Waals surface area contributed by atoms with Gasteiger partial charge in [-0.1, -0.05) is 6.07 Å². The predicted molar refractivity (Wildman–Crippen MR) is 120 cm³/mol. The highest BCUT2D eigenvalue weighted by Gasteiger charge is 2.23. The Labute approximate surface area is 188 Å². The molecular weight excluding hydrogens is 416 g/mol. The Hall–Kier alpha value is -2.68. The van der Waals surface area contributed by atoms with Crippen molar-refractivity contribution in [1.29, 1.82) is 0 Å². The van der Waals surface area contributed by atoms with Crippen molar-refractivity contribution in [3.63, 3.8) is 0 Å². The fourth-order valence-electron chi connectivity index (χ4n) is 3.76. The quantitative estimate of drug-likeness (QED) is 0.315. The third-order valence-electron chi connectivity index (χ3n) is 5.61. The van der Waals surface area contributed by atoms with Crippen LogP contribution in [0.2, 0.25) is 0 Å². The van der Waals surface area contributed by atoms with E-state index >= 15 is 0 Å². The van der Waals surface area contributed by atoms with Gasteiger partial charge in [0.2, 0.25) is 5.75 Å². The first-order chi connectivity index (χ1) is 15.3. The molecule has 2 aromatic rings. The molecule has 0 bridgehead atoms. The zero-order valence-electron chi connectivity index (χ0n) is 18.8. The minimum absolute atomic E-state index is 0.0356. The van der Waals surface area contributed by atoms with Gasteiger partial charge in [0.05, 0.1) is 33.5 Å². The van der Waals surface area contributed by atoms with Crippen LogP contribution in [0.15, 0.2) is 30.3 Å². The minimum atomic E-state index is -0.819. The average Bonchev–Trinajstić information content (AvgIpc) is 2.79. The molecule has 2 aromatic carbocycles. The molecule has 0 saturated carbocycles. The maximum Gasteiger partial charge on any atom is 0.200 e. The topological polar surface area (TPSA) is 129 Å². The van der Waals surface area contributed by atoms with E-state index in [1.165, 1.54) is 27.4 Å². The van der Waals surface area contributed by atoms with Gasteiger partial charge in [-0.15, -0.1) is 0 Å². The molecular formula is C24H34O8. The number of aryl methyl sites for hydroxylation is 1. The summed E-state index contributed by atoms with van der Waals surface area (Å²) in [6, 6.07) is 8.36. The van der Waals surface area contributed by atoms with Gasteiger partial charge in [-0.25, -0.2) is 0 Å². The van der Waals surface area contributed by atoms with Crippen molar-refractivity contribution in [2.45, 2.75) is 44.3 Å². The molecule has 8 heteroatoms. The molecule has 0 aliphatic rings. The van der Waals surface area contributed by atoms with Gasteiger partial charge in [0, 0.05) is 6.61 Å². The molecule has 0 saturated heterocycles. The van der Waals surface area contributed by atoms with Crippen LogP contribution in [-0.2, 0) is 12.8 Å². The van der Waals surface area contributed by atoms with Gasteiger partial charge in [-0.05, 0) is 73.4 Å². The molecule has 5 N–H and O–H groups in total. The summed E-state index contributed by atoms with van der Waals surface area (Å²) in [4.78, 5) is 0. The predicted octanol–water partition coefficient (Wildman–Crippen LogP) is 2.41. The van der Waals surface area contributed by atoms with E-state index in [0.29, 0.717) is 42.9 Å². The SMILES string of the molecule is COc1cc(C[C@H](CCO)[C@H](O)C[C@@H](O)CCc2cc(OC)c(O)c(OC)c2)ccc1O. The molecule has 0 aromatic heterocycles. The summed E-state index contributed by atoms with van der Waals surface area (Å²) in [7, 11) is 4.37. The molecule has 32 heavy (non-hydrogen) atoms. The molecule has 3 atom stereocenters. The van der Waals surface area contributed by atoms with Gasteiger partial charge >= 0.3 is 0 Å². The summed E-state index contributed by atoms with van der Waals surface area (Å²) in [6.45, 7) is -0.0832. The summed E-state index contributed by atoms with van der Waals surface area (Å²) < 4.78 is 15.4. The van der Waals surface area contributed by atoms with E-state index in [0.717, 1.165) is 11.1 Å². The van der Waals surface area contributed by atoms with Crippen LogP contribution in [-0.4, -0.2) is 65.7 Å². The molecule has 8 nitrogen and oxygen atoms in total. The van der Waals surface area contributed by atoms with Crippen LogP contribution in [0.1, 0.15) is 30.4 Å². The zero-order valence-corrected chi connectivity index (χ0v) is 18.8. The van der Waals surface area contributed by atoms with Crippen LogP contribution in [0.25, 0.3) is 0 Å². The van der Waals surface area contributed by atoms with E-state index in [4.69, 9.17) is 14.2 Å². The standard InChI is InChI=1S/C24H34O8/c1-30-21-11-15(5-7-19(21)27)10-17(8-9-25)20(28)14-18(26)6-4-16-12-22(31-2)24(29)23(13-16)32-3/h5,7,11-13,17-18,20,25-29H,4,6,8-10,14H2,1-3H3/t17-,18-,20+/m0/s1. The summed E-state index contributed by atoms with van der Waals surface area (Å²) >= 11 is 0. The largest absolute Gasteiger partial charge is 0.504 e. The monoisotopic (exact) mass is 450 g/mol. The first-order valence-electron chi connectivity index (χ1n) is 10.6. The summed E-state index contributed by atoms with van der Waals surface area (Å²) in [5, 5.41) is 50.4. The van der Waals surface area contributed by atoms with E-state index in [1.807, 2.05) is 0 Å². The molecule has 0 aliphatic heterocycles. The van der Waals surface area contributed by atoms with Gasteiger partial charge in [0.15, 0.2) is 23.0 Å². The lowest BCUT2D eigenvalue weighted by molar-refractivity contribution is 0.0320. The first kappa shape index (κ1) is 25.6. The van der Waals surface area contributed by atoms with Crippen LogP contribution < -0.4 is 14.2 Å². The van der Waals surface area contributed by atoms with E-state index in [1.54, 1.807) is 24.3 Å². The molecule has 0 unspecified atom stereocenters. The highest BCUT2D eigenvalue weighted by molar-refractivity contribution is 5.52.